The van der Waals surface area contributed by atoms with Gasteiger partial charge in [0, 0.05) is 5.02 Å². The molecule has 2 aromatic rings. The first-order valence-electron chi connectivity index (χ1n) is 8.91. The molecule has 0 aliphatic rings. The van der Waals surface area contributed by atoms with E-state index >= 15 is 0 Å². The average Bonchev–Trinajstić information content (AvgIpc) is 2.61. The minimum atomic E-state index is -3.69. The zero-order valence-electron chi connectivity index (χ0n) is 16.3. The second-order valence-corrected chi connectivity index (χ2v) is 8.74. The molecule has 8 heteroatoms. The number of carbonyl (C=O) groups excluding carboxylic acids is 1. The molecular weight excluding hydrogens is 400 g/mol. The summed E-state index contributed by atoms with van der Waals surface area (Å²) in [6.07, 6.45) is 1.06. The van der Waals surface area contributed by atoms with E-state index in [0.29, 0.717) is 17.3 Å². The van der Waals surface area contributed by atoms with Crippen LogP contribution in [0.4, 0.5) is 5.69 Å². The van der Waals surface area contributed by atoms with Crippen LogP contribution in [-0.2, 0) is 14.8 Å². The van der Waals surface area contributed by atoms with Crippen LogP contribution in [0.15, 0.2) is 48.5 Å². The highest BCUT2D eigenvalue weighted by Crippen LogP contribution is 2.25. The van der Waals surface area contributed by atoms with Crippen molar-refractivity contribution in [1.29, 1.82) is 0 Å². The van der Waals surface area contributed by atoms with Crippen molar-refractivity contribution < 1.29 is 17.9 Å². The van der Waals surface area contributed by atoms with E-state index in [1.54, 1.807) is 25.1 Å². The Morgan fingerprint density at radius 3 is 2.36 bits per heavy atom. The lowest BCUT2D eigenvalue weighted by atomic mass is 10.1. The Bertz CT molecular complexity index is 916. The quantitative estimate of drug-likeness (QED) is 0.699. The van der Waals surface area contributed by atoms with Crippen LogP contribution in [0, 0.1) is 0 Å². The van der Waals surface area contributed by atoms with Crippen LogP contribution in [0.3, 0.4) is 0 Å². The summed E-state index contributed by atoms with van der Waals surface area (Å²) in [5.41, 5.74) is 1.23. The lowest BCUT2D eigenvalue weighted by Crippen LogP contribution is -2.48. The average molecular weight is 425 g/mol. The van der Waals surface area contributed by atoms with Gasteiger partial charge in [-0.2, -0.15) is 0 Å². The predicted octanol–water partition coefficient (Wildman–Crippen LogP) is 3.77. The summed E-state index contributed by atoms with van der Waals surface area (Å²) in [4.78, 5) is 12.8. The van der Waals surface area contributed by atoms with Crippen LogP contribution >= 0.6 is 11.6 Å². The topological polar surface area (TPSA) is 75.7 Å². The summed E-state index contributed by atoms with van der Waals surface area (Å²) in [6, 6.07) is 12.6. The van der Waals surface area contributed by atoms with Crippen LogP contribution in [0.2, 0.25) is 5.02 Å². The van der Waals surface area contributed by atoms with E-state index in [0.717, 1.165) is 21.9 Å². The van der Waals surface area contributed by atoms with Gasteiger partial charge in [0.1, 0.15) is 11.8 Å². The second kappa shape index (κ2) is 9.30. The minimum Gasteiger partial charge on any atom is -0.494 e. The molecule has 1 amide bonds. The number of nitrogens with one attached hydrogen (secondary N) is 1. The van der Waals surface area contributed by atoms with Gasteiger partial charge < -0.3 is 10.1 Å². The maximum atomic E-state index is 12.8. The molecule has 0 aliphatic heterocycles. The number of nitrogens with zero attached hydrogens (tertiary/aromatic N) is 1. The van der Waals surface area contributed by atoms with Gasteiger partial charge in [-0.3, -0.25) is 9.10 Å². The van der Waals surface area contributed by atoms with Crippen molar-refractivity contribution in [1.82, 2.24) is 5.32 Å². The Hall–Kier alpha value is -2.25. The molecule has 2 atom stereocenters. The fourth-order valence-electron chi connectivity index (χ4n) is 2.86. The SMILES string of the molecule is CCOc1ccc([C@@H](C)NC(=O)[C@@H](C)N(c2cccc(Cl)c2)S(C)(=O)=O)cc1. The van der Waals surface area contributed by atoms with Crippen LogP contribution in [0.25, 0.3) is 0 Å². The lowest BCUT2D eigenvalue weighted by Gasteiger charge is -2.29. The molecule has 0 aliphatic carbocycles. The second-order valence-electron chi connectivity index (χ2n) is 6.45. The summed E-state index contributed by atoms with van der Waals surface area (Å²) >= 11 is 5.99. The molecule has 0 aromatic heterocycles. The van der Waals surface area contributed by atoms with Crippen molar-refractivity contribution in [2.24, 2.45) is 0 Å². The fraction of sp³-hybridized carbons (Fsp3) is 0.350. The number of anilines is 1. The van der Waals surface area contributed by atoms with E-state index in [-0.39, 0.29) is 6.04 Å². The molecule has 1 N–H and O–H groups in total. The van der Waals surface area contributed by atoms with Gasteiger partial charge in [-0.25, -0.2) is 8.42 Å². The molecule has 28 heavy (non-hydrogen) atoms. The number of rotatable bonds is 8. The number of benzene rings is 2. The van der Waals surface area contributed by atoms with Gasteiger partial charge in [-0.1, -0.05) is 29.8 Å². The summed E-state index contributed by atoms with van der Waals surface area (Å²) in [5, 5.41) is 3.26. The third-order valence-electron chi connectivity index (χ3n) is 4.20. The van der Waals surface area contributed by atoms with Crippen molar-refractivity contribution >= 4 is 33.2 Å². The maximum absolute atomic E-state index is 12.8. The Morgan fingerprint density at radius 1 is 1.18 bits per heavy atom. The molecule has 0 radical (unpaired) electrons. The summed E-state index contributed by atoms with van der Waals surface area (Å²) < 4.78 is 31.2. The largest absolute Gasteiger partial charge is 0.494 e. The molecule has 0 spiro atoms. The van der Waals surface area contributed by atoms with Crippen LogP contribution in [0.5, 0.6) is 5.75 Å². The highest BCUT2D eigenvalue weighted by atomic mass is 35.5. The van der Waals surface area contributed by atoms with Gasteiger partial charge in [-0.05, 0) is 56.7 Å². The summed E-state index contributed by atoms with van der Waals surface area (Å²) in [5.74, 6) is 0.342. The number of halogens is 1. The number of sulfonamides is 1. The Balaban J connectivity index is 2.18. The number of hydrogen-bond acceptors (Lipinski definition) is 4. The van der Waals surface area contributed by atoms with Gasteiger partial charge in [0.15, 0.2) is 0 Å². The number of ether oxygens (including phenoxy) is 1. The first-order chi connectivity index (χ1) is 13.1. The van der Waals surface area contributed by atoms with E-state index < -0.39 is 22.0 Å². The molecule has 6 nitrogen and oxygen atoms in total. The lowest BCUT2D eigenvalue weighted by molar-refractivity contribution is -0.122. The third-order valence-corrected chi connectivity index (χ3v) is 5.68. The molecule has 0 saturated heterocycles. The highest BCUT2D eigenvalue weighted by Gasteiger charge is 2.30. The standard InChI is InChI=1S/C20H25ClN2O4S/c1-5-27-19-11-9-16(10-12-19)14(2)22-20(24)15(3)23(28(4,25)26)18-8-6-7-17(21)13-18/h6-15H,5H2,1-4H3,(H,22,24)/t14-,15-/m1/s1. The number of hydrogen-bond donors (Lipinski definition) is 1. The molecule has 0 saturated carbocycles. The van der Waals surface area contributed by atoms with E-state index in [9.17, 15) is 13.2 Å². The molecule has 0 bridgehead atoms. The van der Waals surface area contributed by atoms with Crippen molar-refractivity contribution in [2.75, 3.05) is 17.2 Å². The minimum absolute atomic E-state index is 0.300. The molecule has 0 fully saturated rings. The molecular formula is C20H25ClN2O4S. The zero-order chi connectivity index (χ0) is 20.9. The predicted molar refractivity (Wildman–Crippen MR) is 112 cm³/mol. The van der Waals surface area contributed by atoms with Crippen LogP contribution in [0.1, 0.15) is 32.4 Å². The van der Waals surface area contributed by atoms with Crippen molar-refractivity contribution in [3.8, 4) is 5.75 Å². The van der Waals surface area contributed by atoms with Crippen molar-refractivity contribution in [2.45, 2.75) is 32.9 Å². The Morgan fingerprint density at radius 2 is 1.82 bits per heavy atom. The smallest absolute Gasteiger partial charge is 0.244 e. The summed E-state index contributed by atoms with van der Waals surface area (Å²) in [6.45, 7) is 5.87. The van der Waals surface area contributed by atoms with E-state index in [4.69, 9.17) is 16.3 Å². The van der Waals surface area contributed by atoms with Gasteiger partial charge in [-0.15, -0.1) is 0 Å². The number of amides is 1. The van der Waals surface area contributed by atoms with Gasteiger partial charge in [0.25, 0.3) is 0 Å². The van der Waals surface area contributed by atoms with Gasteiger partial charge in [0.2, 0.25) is 15.9 Å². The Labute approximate surface area is 171 Å². The molecule has 0 heterocycles. The fourth-order valence-corrected chi connectivity index (χ4v) is 4.21. The molecule has 0 unspecified atom stereocenters. The summed E-state index contributed by atoms with van der Waals surface area (Å²) in [7, 11) is -3.69. The van der Waals surface area contributed by atoms with Crippen molar-refractivity contribution in [3.63, 3.8) is 0 Å². The first kappa shape index (κ1) is 22.0. The normalized spacial score (nSPS) is 13.5. The van der Waals surface area contributed by atoms with E-state index in [1.165, 1.54) is 6.07 Å². The molecule has 2 aromatic carbocycles. The molecule has 152 valence electrons. The first-order valence-corrected chi connectivity index (χ1v) is 11.1. The van der Waals surface area contributed by atoms with Gasteiger partial charge in [0.05, 0.1) is 24.6 Å². The molecule has 2 rings (SSSR count). The van der Waals surface area contributed by atoms with E-state index in [1.807, 2.05) is 38.1 Å². The monoisotopic (exact) mass is 424 g/mol. The van der Waals surface area contributed by atoms with Gasteiger partial charge >= 0.3 is 0 Å². The van der Waals surface area contributed by atoms with Crippen LogP contribution < -0.4 is 14.4 Å². The highest BCUT2D eigenvalue weighted by molar-refractivity contribution is 7.92. The number of carbonyl (C=O) groups is 1. The third kappa shape index (κ3) is 5.62. The van der Waals surface area contributed by atoms with Crippen LogP contribution in [-0.4, -0.2) is 33.2 Å². The Kier molecular flexibility index (Phi) is 7.32. The maximum Gasteiger partial charge on any atom is 0.244 e. The van der Waals surface area contributed by atoms with E-state index in [2.05, 4.69) is 5.32 Å². The van der Waals surface area contributed by atoms with Crippen molar-refractivity contribution in [3.05, 3.63) is 59.1 Å². The zero-order valence-corrected chi connectivity index (χ0v) is 17.9.